The molecule has 1 N–H and O–H groups in total. The van der Waals surface area contributed by atoms with Crippen LogP contribution in [0.25, 0.3) is 5.57 Å². The van der Waals surface area contributed by atoms with Crippen LogP contribution >= 0.6 is 11.6 Å². The fourth-order valence-electron chi connectivity index (χ4n) is 3.77. The lowest BCUT2D eigenvalue weighted by atomic mass is 9.99. The zero-order valence-corrected chi connectivity index (χ0v) is 19.6. The Hall–Kier alpha value is -3.57. The van der Waals surface area contributed by atoms with Gasteiger partial charge in [-0.1, -0.05) is 54.1 Å². The summed E-state index contributed by atoms with van der Waals surface area (Å²) in [6.45, 7) is 6.53. The Kier molecular flexibility index (Phi) is 6.52. The SMILES string of the molecule is CCOc1cccc(NC2=C(c3ccc(C)c(C)c3)C(=O)N(Cc3ccccc3Cl)C2=O)c1. The van der Waals surface area contributed by atoms with Crippen LogP contribution in [0.5, 0.6) is 5.75 Å². The summed E-state index contributed by atoms with van der Waals surface area (Å²) in [5, 5.41) is 3.70. The maximum Gasteiger partial charge on any atom is 0.278 e. The molecule has 1 heterocycles. The van der Waals surface area contributed by atoms with Gasteiger partial charge in [-0.05, 0) is 61.2 Å². The van der Waals surface area contributed by atoms with Crippen molar-refractivity contribution in [2.75, 3.05) is 11.9 Å². The minimum Gasteiger partial charge on any atom is -0.494 e. The fraction of sp³-hybridized carbons (Fsp3) is 0.185. The topological polar surface area (TPSA) is 58.6 Å². The van der Waals surface area contributed by atoms with Crippen molar-refractivity contribution >= 4 is 34.7 Å². The number of halogens is 1. The van der Waals surface area contributed by atoms with Crippen LogP contribution in [-0.4, -0.2) is 23.3 Å². The summed E-state index contributed by atoms with van der Waals surface area (Å²) in [7, 11) is 0. The summed E-state index contributed by atoms with van der Waals surface area (Å²) in [6, 6.07) is 20.3. The molecule has 5 nitrogen and oxygen atoms in total. The van der Waals surface area contributed by atoms with E-state index in [4.69, 9.17) is 16.3 Å². The molecule has 6 heteroatoms. The highest BCUT2D eigenvalue weighted by molar-refractivity contribution is 6.36. The van der Waals surface area contributed by atoms with Crippen LogP contribution < -0.4 is 10.1 Å². The number of ether oxygens (including phenoxy) is 1. The Morgan fingerprint density at radius 1 is 0.909 bits per heavy atom. The Bertz CT molecular complexity index is 1270. The van der Waals surface area contributed by atoms with Crippen molar-refractivity contribution in [3.8, 4) is 5.75 Å². The second kappa shape index (κ2) is 9.51. The van der Waals surface area contributed by atoms with E-state index < -0.39 is 5.91 Å². The first kappa shape index (κ1) is 22.6. The molecule has 4 rings (SSSR count). The zero-order valence-electron chi connectivity index (χ0n) is 18.8. The fourth-order valence-corrected chi connectivity index (χ4v) is 3.97. The van der Waals surface area contributed by atoms with Crippen LogP contribution in [0.1, 0.15) is 29.2 Å². The number of nitrogens with one attached hydrogen (secondary N) is 1. The van der Waals surface area contributed by atoms with E-state index in [1.807, 2.05) is 81.4 Å². The molecule has 3 aromatic carbocycles. The second-order valence-electron chi connectivity index (χ2n) is 7.92. The van der Waals surface area contributed by atoms with E-state index in [0.717, 1.165) is 11.1 Å². The molecule has 33 heavy (non-hydrogen) atoms. The first-order chi connectivity index (χ1) is 15.9. The summed E-state index contributed by atoms with van der Waals surface area (Å²) >= 11 is 6.31. The molecule has 0 saturated carbocycles. The van der Waals surface area contributed by atoms with Gasteiger partial charge in [-0.2, -0.15) is 0 Å². The number of anilines is 1. The number of nitrogens with zero attached hydrogens (tertiary/aromatic N) is 1. The number of hydrogen-bond acceptors (Lipinski definition) is 4. The number of carbonyl (C=O) groups is 2. The second-order valence-corrected chi connectivity index (χ2v) is 8.33. The van der Waals surface area contributed by atoms with Gasteiger partial charge in [0.1, 0.15) is 11.4 Å². The van der Waals surface area contributed by atoms with Gasteiger partial charge in [-0.15, -0.1) is 0 Å². The van der Waals surface area contributed by atoms with Crippen molar-refractivity contribution in [2.45, 2.75) is 27.3 Å². The maximum atomic E-state index is 13.5. The van der Waals surface area contributed by atoms with E-state index in [0.29, 0.717) is 39.8 Å². The molecule has 0 spiro atoms. The van der Waals surface area contributed by atoms with Crippen LogP contribution in [0.3, 0.4) is 0 Å². The maximum absolute atomic E-state index is 13.5. The van der Waals surface area contributed by atoms with Crippen LogP contribution in [0.15, 0.2) is 72.4 Å². The molecule has 0 aliphatic carbocycles. The quantitative estimate of drug-likeness (QED) is 0.456. The van der Waals surface area contributed by atoms with E-state index in [-0.39, 0.29) is 18.1 Å². The normalized spacial score (nSPS) is 13.6. The number of rotatable bonds is 7. The predicted molar refractivity (Wildman–Crippen MR) is 131 cm³/mol. The van der Waals surface area contributed by atoms with Gasteiger partial charge in [0, 0.05) is 16.8 Å². The molecule has 168 valence electrons. The zero-order chi connectivity index (χ0) is 23.5. The number of benzene rings is 3. The monoisotopic (exact) mass is 460 g/mol. The van der Waals surface area contributed by atoms with Crippen molar-refractivity contribution in [3.63, 3.8) is 0 Å². The van der Waals surface area contributed by atoms with E-state index in [9.17, 15) is 9.59 Å². The number of amides is 2. The van der Waals surface area contributed by atoms with Gasteiger partial charge in [-0.25, -0.2) is 0 Å². The summed E-state index contributed by atoms with van der Waals surface area (Å²) in [5.74, 6) is -0.0675. The Balaban J connectivity index is 1.76. The molecule has 1 aliphatic heterocycles. The summed E-state index contributed by atoms with van der Waals surface area (Å²) in [4.78, 5) is 28.3. The Morgan fingerprint density at radius 3 is 2.42 bits per heavy atom. The number of aryl methyl sites for hydroxylation is 2. The molecule has 0 saturated heterocycles. The average molecular weight is 461 g/mol. The lowest BCUT2D eigenvalue weighted by Gasteiger charge is -2.16. The largest absolute Gasteiger partial charge is 0.494 e. The third kappa shape index (κ3) is 4.64. The molecular weight excluding hydrogens is 436 g/mol. The van der Waals surface area contributed by atoms with Gasteiger partial charge in [0.05, 0.1) is 18.7 Å². The molecular formula is C27H25ClN2O3. The van der Waals surface area contributed by atoms with E-state index in [1.54, 1.807) is 6.07 Å². The summed E-state index contributed by atoms with van der Waals surface area (Å²) in [5.41, 5.74) is 4.81. The molecule has 1 aliphatic rings. The van der Waals surface area contributed by atoms with Crippen LogP contribution in [0, 0.1) is 13.8 Å². The van der Waals surface area contributed by atoms with Gasteiger partial charge in [-0.3, -0.25) is 14.5 Å². The third-order valence-electron chi connectivity index (χ3n) is 5.66. The molecule has 0 aromatic heterocycles. The number of imide groups is 1. The third-order valence-corrected chi connectivity index (χ3v) is 6.03. The predicted octanol–water partition coefficient (Wildman–Crippen LogP) is 5.75. The van der Waals surface area contributed by atoms with Gasteiger partial charge >= 0.3 is 0 Å². The smallest absolute Gasteiger partial charge is 0.278 e. The minimum absolute atomic E-state index is 0.0931. The summed E-state index contributed by atoms with van der Waals surface area (Å²) < 4.78 is 5.58. The van der Waals surface area contributed by atoms with Crippen LogP contribution in [-0.2, 0) is 16.1 Å². The van der Waals surface area contributed by atoms with Crippen LogP contribution in [0.2, 0.25) is 5.02 Å². The molecule has 0 unspecified atom stereocenters. The highest BCUT2D eigenvalue weighted by Crippen LogP contribution is 2.33. The van der Waals surface area contributed by atoms with E-state index >= 15 is 0 Å². The molecule has 2 amide bonds. The first-order valence-corrected chi connectivity index (χ1v) is 11.2. The standard InChI is InChI=1S/C27H25ClN2O3/c1-4-33-22-10-7-9-21(15-22)29-25-24(19-13-12-17(2)18(3)14-19)26(31)30(27(25)32)16-20-8-5-6-11-23(20)28/h5-15,29H,4,16H2,1-3H3. The van der Waals surface area contributed by atoms with Crippen molar-refractivity contribution < 1.29 is 14.3 Å². The first-order valence-electron chi connectivity index (χ1n) is 10.8. The van der Waals surface area contributed by atoms with E-state index in [2.05, 4.69) is 5.32 Å². The Morgan fingerprint density at radius 2 is 1.70 bits per heavy atom. The molecule has 0 bridgehead atoms. The minimum atomic E-state index is -0.394. The Labute approximate surface area is 198 Å². The van der Waals surface area contributed by atoms with Gasteiger partial charge in [0.2, 0.25) is 0 Å². The van der Waals surface area contributed by atoms with Crippen LogP contribution in [0.4, 0.5) is 5.69 Å². The molecule has 0 atom stereocenters. The average Bonchev–Trinajstić information content (AvgIpc) is 3.02. The van der Waals surface area contributed by atoms with Crippen molar-refractivity contribution in [2.24, 2.45) is 0 Å². The molecule has 3 aromatic rings. The van der Waals surface area contributed by atoms with E-state index in [1.165, 1.54) is 4.90 Å². The summed E-state index contributed by atoms with van der Waals surface area (Å²) in [6.07, 6.45) is 0. The van der Waals surface area contributed by atoms with Gasteiger partial charge in [0.25, 0.3) is 11.8 Å². The highest BCUT2D eigenvalue weighted by Gasteiger charge is 2.39. The lowest BCUT2D eigenvalue weighted by Crippen LogP contribution is -2.32. The van der Waals surface area contributed by atoms with Crippen molar-refractivity contribution in [3.05, 3.63) is 99.7 Å². The van der Waals surface area contributed by atoms with Gasteiger partial charge in [0.15, 0.2) is 0 Å². The van der Waals surface area contributed by atoms with Gasteiger partial charge < -0.3 is 10.1 Å². The molecule has 0 radical (unpaired) electrons. The number of hydrogen-bond donors (Lipinski definition) is 1. The lowest BCUT2D eigenvalue weighted by molar-refractivity contribution is -0.137. The van der Waals surface area contributed by atoms with Crippen molar-refractivity contribution in [1.29, 1.82) is 0 Å². The molecule has 0 fully saturated rings. The highest BCUT2D eigenvalue weighted by atomic mass is 35.5. The number of carbonyl (C=O) groups excluding carboxylic acids is 2. The van der Waals surface area contributed by atoms with Crippen molar-refractivity contribution in [1.82, 2.24) is 4.90 Å².